The zero-order valence-corrected chi connectivity index (χ0v) is 8.57. The van der Waals surface area contributed by atoms with Gasteiger partial charge >= 0.3 is 0 Å². The number of rotatable bonds is 3. The number of nitrogens with two attached hydrogens (primary N) is 1. The smallest absolute Gasteiger partial charge is 0.155 e. The third-order valence-electron chi connectivity index (χ3n) is 2.85. The van der Waals surface area contributed by atoms with Crippen LogP contribution in [-0.2, 0) is 4.74 Å². The van der Waals surface area contributed by atoms with Crippen LogP contribution >= 0.6 is 0 Å². The van der Waals surface area contributed by atoms with Gasteiger partial charge in [0.2, 0.25) is 0 Å². The van der Waals surface area contributed by atoms with Gasteiger partial charge in [-0.2, -0.15) is 0 Å². The van der Waals surface area contributed by atoms with Crippen LogP contribution in [0, 0.1) is 11.8 Å². The fourth-order valence-electron chi connectivity index (χ4n) is 1.94. The quantitative estimate of drug-likeness (QED) is 0.695. The van der Waals surface area contributed by atoms with E-state index < -0.39 is 6.29 Å². The fourth-order valence-corrected chi connectivity index (χ4v) is 1.94. The molecule has 0 aromatic rings. The Morgan fingerprint density at radius 1 is 1.46 bits per heavy atom. The van der Waals surface area contributed by atoms with Gasteiger partial charge in [0.05, 0.1) is 6.10 Å². The van der Waals surface area contributed by atoms with Crippen LogP contribution in [0.5, 0.6) is 0 Å². The summed E-state index contributed by atoms with van der Waals surface area (Å²) in [6, 6.07) is 0. The lowest BCUT2D eigenvalue weighted by atomic mass is 9.84. The maximum atomic E-state index is 9.46. The lowest BCUT2D eigenvalue weighted by molar-refractivity contribution is -0.182. The van der Waals surface area contributed by atoms with Gasteiger partial charge in [0, 0.05) is 6.42 Å². The molecule has 3 atom stereocenters. The van der Waals surface area contributed by atoms with E-state index in [-0.39, 0.29) is 6.10 Å². The van der Waals surface area contributed by atoms with Crippen LogP contribution in [0.25, 0.3) is 0 Å². The van der Waals surface area contributed by atoms with Crippen LogP contribution in [0.2, 0.25) is 0 Å². The van der Waals surface area contributed by atoms with E-state index in [2.05, 4.69) is 13.8 Å². The average Bonchev–Trinajstić information content (AvgIpc) is 2.03. The highest BCUT2D eigenvalue weighted by Gasteiger charge is 2.29. The second-order valence-electron chi connectivity index (χ2n) is 4.27. The zero-order chi connectivity index (χ0) is 9.84. The minimum Gasteiger partial charge on any atom is -0.368 e. The summed E-state index contributed by atoms with van der Waals surface area (Å²) in [4.78, 5) is 0. The molecule has 1 heterocycles. The van der Waals surface area contributed by atoms with Gasteiger partial charge in [0.25, 0.3) is 0 Å². The molecule has 3 heteroatoms. The largest absolute Gasteiger partial charge is 0.368 e. The van der Waals surface area contributed by atoms with Crippen LogP contribution in [0.4, 0.5) is 0 Å². The third-order valence-corrected chi connectivity index (χ3v) is 2.85. The molecule has 13 heavy (non-hydrogen) atoms. The molecule has 0 spiro atoms. The van der Waals surface area contributed by atoms with Crippen LogP contribution in [-0.4, -0.2) is 24.0 Å². The topological polar surface area (TPSA) is 55.5 Å². The fraction of sp³-hybridized carbons (Fsp3) is 1.00. The molecule has 0 radical (unpaired) electrons. The standard InChI is InChI=1S/C10H21NO2/c1-7(2)8-5-9(3-4-11)13-10(12)6-8/h7-10,12H,3-6,11H2,1-2H3. The Labute approximate surface area is 80.3 Å². The Morgan fingerprint density at radius 3 is 2.69 bits per heavy atom. The molecule has 3 unspecified atom stereocenters. The highest BCUT2D eigenvalue weighted by Crippen LogP contribution is 2.30. The molecule has 3 nitrogen and oxygen atoms in total. The number of hydrogen-bond acceptors (Lipinski definition) is 3. The first-order valence-electron chi connectivity index (χ1n) is 5.17. The van der Waals surface area contributed by atoms with Crippen LogP contribution in [0.15, 0.2) is 0 Å². The number of aliphatic hydroxyl groups excluding tert-OH is 1. The van der Waals surface area contributed by atoms with Gasteiger partial charge < -0.3 is 15.6 Å². The molecule has 1 saturated heterocycles. The molecule has 78 valence electrons. The lowest BCUT2D eigenvalue weighted by Crippen LogP contribution is -2.35. The summed E-state index contributed by atoms with van der Waals surface area (Å²) in [7, 11) is 0. The maximum Gasteiger partial charge on any atom is 0.155 e. The van der Waals surface area contributed by atoms with E-state index in [0.29, 0.717) is 18.4 Å². The molecular weight excluding hydrogens is 166 g/mol. The van der Waals surface area contributed by atoms with Crippen molar-refractivity contribution in [2.75, 3.05) is 6.54 Å². The van der Waals surface area contributed by atoms with Gasteiger partial charge in [-0.25, -0.2) is 0 Å². The molecule has 0 aromatic heterocycles. The molecular formula is C10H21NO2. The summed E-state index contributed by atoms with van der Waals surface area (Å²) < 4.78 is 5.38. The summed E-state index contributed by atoms with van der Waals surface area (Å²) in [6.45, 7) is 5.03. The Hall–Kier alpha value is -0.120. The predicted octanol–water partition coefficient (Wildman–Crippen LogP) is 1.10. The van der Waals surface area contributed by atoms with Gasteiger partial charge in [0.1, 0.15) is 0 Å². The molecule has 0 bridgehead atoms. The minimum absolute atomic E-state index is 0.168. The van der Waals surface area contributed by atoms with Gasteiger partial charge in [-0.1, -0.05) is 13.8 Å². The minimum atomic E-state index is -0.572. The molecule has 1 aliphatic rings. The number of ether oxygens (including phenoxy) is 1. The summed E-state index contributed by atoms with van der Waals surface area (Å²) in [5.74, 6) is 1.21. The Kier molecular flexibility index (Phi) is 4.16. The van der Waals surface area contributed by atoms with E-state index >= 15 is 0 Å². The van der Waals surface area contributed by atoms with E-state index in [1.807, 2.05) is 0 Å². The van der Waals surface area contributed by atoms with Crippen molar-refractivity contribution in [2.45, 2.75) is 45.5 Å². The Morgan fingerprint density at radius 2 is 2.15 bits per heavy atom. The van der Waals surface area contributed by atoms with Gasteiger partial charge in [0.15, 0.2) is 6.29 Å². The van der Waals surface area contributed by atoms with E-state index in [4.69, 9.17) is 10.5 Å². The molecule has 1 aliphatic heterocycles. The highest BCUT2D eigenvalue weighted by molar-refractivity contribution is 4.75. The molecule has 0 saturated carbocycles. The average molecular weight is 187 g/mol. The summed E-state index contributed by atoms with van der Waals surface area (Å²) >= 11 is 0. The van der Waals surface area contributed by atoms with Crippen LogP contribution in [0.1, 0.15) is 33.1 Å². The first kappa shape index (κ1) is 11.0. The second kappa shape index (κ2) is 4.94. The Balaban J connectivity index is 2.42. The molecule has 0 aromatic carbocycles. The SMILES string of the molecule is CC(C)C1CC(O)OC(CCN)C1. The second-order valence-corrected chi connectivity index (χ2v) is 4.27. The zero-order valence-electron chi connectivity index (χ0n) is 8.57. The first-order valence-corrected chi connectivity index (χ1v) is 5.17. The Bertz CT molecular complexity index is 150. The maximum absolute atomic E-state index is 9.46. The normalized spacial score (nSPS) is 35.3. The summed E-state index contributed by atoms with van der Waals surface area (Å²) in [5, 5.41) is 9.46. The van der Waals surface area contributed by atoms with Crippen molar-refractivity contribution in [1.82, 2.24) is 0 Å². The molecule has 0 amide bonds. The molecule has 1 fully saturated rings. The van der Waals surface area contributed by atoms with Crippen molar-refractivity contribution in [3.05, 3.63) is 0 Å². The van der Waals surface area contributed by atoms with Gasteiger partial charge in [-0.15, -0.1) is 0 Å². The van der Waals surface area contributed by atoms with Crippen molar-refractivity contribution in [3.8, 4) is 0 Å². The van der Waals surface area contributed by atoms with Crippen molar-refractivity contribution >= 4 is 0 Å². The number of hydrogen-bond donors (Lipinski definition) is 2. The van der Waals surface area contributed by atoms with E-state index in [1.165, 1.54) is 0 Å². The van der Waals surface area contributed by atoms with Crippen LogP contribution < -0.4 is 5.73 Å². The van der Waals surface area contributed by atoms with Gasteiger partial charge in [-0.3, -0.25) is 0 Å². The predicted molar refractivity (Wildman–Crippen MR) is 52.1 cm³/mol. The third kappa shape index (κ3) is 3.25. The molecule has 0 aliphatic carbocycles. The van der Waals surface area contributed by atoms with Crippen molar-refractivity contribution in [2.24, 2.45) is 17.6 Å². The van der Waals surface area contributed by atoms with Crippen molar-refractivity contribution in [3.63, 3.8) is 0 Å². The summed E-state index contributed by atoms with van der Waals surface area (Å²) in [6.07, 6.45) is 2.28. The number of aliphatic hydroxyl groups is 1. The summed E-state index contributed by atoms with van der Waals surface area (Å²) in [5.41, 5.74) is 5.46. The van der Waals surface area contributed by atoms with E-state index in [1.54, 1.807) is 0 Å². The van der Waals surface area contributed by atoms with E-state index in [9.17, 15) is 5.11 Å². The van der Waals surface area contributed by atoms with Crippen molar-refractivity contribution < 1.29 is 9.84 Å². The van der Waals surface area contributed by atoms with Gasteiger partial charge in [-0.05, 0) is 31.2 Å². The van der Waals surface area contributed by atoms with Crippen molar-refractivity contribution in [1.29, 1.82) is 0 Å². The first-order chi connectivity index (χ1) is 6.13. The molecule has 1 rings (SSSR count). The lowest BCUT2D eigenvalue weighted by Gasteiger charge is -2.34. The van der Waals surface area contributed by atoms with Crippen LogP contribution in [0.3, 0.4) is 0 Å². The molecule has 3 N–H and O–H groups in total. The highest BCUT2D eigenvalue weighted by atomic mass is 16.6. The van der Waals surface area contributed by atoms with E-state index in [0.717, 1.165) is 19.3 Å². The monoisotopic (exact) mass is 187 g/mol.